The maximum absolute atomic E-state index is 12.8. The molecule has 1 aromatic carbocycles. The van der Waals surface area contributed by atoms with Gasteiger partial charge in [0.05, 0.1) is 4.92 Å². The Balaban J connectivity index is 1.60. The fourth-order valence-corrected chi connectivity index (χ4v) is 3.93. The second-order valence-corrected chi connectivity index (χ2v) is 6.98. The molecule has 136 valence electrons. The second kappa shape index (κ2) is 7.82. The Kier molecular flexibility index (Phi) is 5.53. The van der Waals surface area contributed by atoms with Crippen LogP contribution in [0.2, 0.25) is 0 Å². The van der Waals surface area contributed by atoms with Gasteiger partial charge in [-0.15, -0.1) is 0 Å². The number of nitro benzene ring substituents is 1. The fraction of sp³-hybridized carbons (Fsp3) is 0.611. The predicted octanol–water partition coefficient (Wildman–Crippen LogP) is 2.04. The lowest BCUT2D eigenvalue weighted by Crippen LogP contribution is -2.46. The second-order valence-electron chi connectivity index (χ2n) is 6.98. The van der Waals surface area contributed by atoms with Crippen LogP contribution < -0.4 is 4.90 Å². The number of likely N-dealkylation sites (tertiary alicyclic amines) is 1. The van der Waals surface area contributed by atoms with E-state index in [-0.39, 0.29) is 35.0 Å². The average molecular weight is 347 g/mol. The van der Waals surface area contributed by atoms with Gasteiger partial charge in [0, 0.05) is 44.8 Å². The number of aliphatic hydroxyl groups is 1. The highest BCUT2D eigenvalue weighted by molar-refractivity contribution is 5.79. The number of nitro groups is 1. The van der Waals surface area contributed by atoms with Crippen molar-refractivity contribution in [2.24, 2.45) is 11.8 Å². The summed E-state index contributed by atoms with van der Waals surface area (Å²) in [5.74, 6) is 0.363. The minimum absolute atomic E-state index is 0.0172. The molecule has 1 amide bonds. The van der Waals surface area contributed by atoms with Crippen LogP contribution in [-0.4, -0.2) is 53.6 Å². The molecule has 2 heterocycles. The summed E-state index contributed by atoms with van der Waals surface area (Å²) in [6, 6.07) is 6.78. The van der Waals surface area contributed by atoms with E-state index in [1.807, 2.05) is 15.9 Å². The monoisotopic (exact) mass is 347 g/mol. The van der Waals surface area contributed by atoms with Crippen LogP contribution in [0.5, 0.6) is 0 Å². The third kappa shape index (κ3) is 3.92. The number of piperidine rings is 2. The normalized spacial score (nSPS) is 22.0. The summed E-state index contributed by atoms with van der Waals surface area (Å²) in [5.41, 5.74) is 0.755. The van der Waals surface area contributed by atoms with Crippen molar-refractivity contribution >= 4 is 17.3 Å². The summed E-state index contributed by atoms with van der Waals surface area (Å²) in [6.07, 6.45) is 3.36. The molecule has 2 aliphatic rings. The summed E-state index contributed by atoms with van der Waals surface area (Å²) in [6.45, 7) is 2.87. The van der Waals surface area contributed by atoms with Gasteiger partial charge >= 0.3 is 0 Å². The van der Waals surface area contributed by atoms with E-state index in [2.05, 4.69) is 0 Å². The highest BCUT2D eigenvalue weighted by Gasteiger charge is 2.32. The van der Waals surface area contributed by atoms with Crippen LogP contribution >= 0.6 is 0 Å². The molecule has 0 saturated carbocycles. The Morgan fingerprint density at radius 3 is 2.60 bits per heavy atom. The molecule has 0 spiro atoms. The zero-order valence-electron chi connectivity index (χ0n) is 14.3. The number of carbonyl (C=O) groups is 1. The number of hydrogen-bond donors (Lipinski definition) is 1. The van der Waals surface area contributed by atoms with Gasteiger partial charge in [-0.2, -0.15) is 0 Å². The van der Waals surface area contributed by atoms with Crippen LogP contribution in [-0.2, 0) is 4.79 Å². The standard InChI is InChI=1S/C18H25N3O4/c22-13-14-4-3-9-20(12-14)18(23)15-7-10-19(11-8-15)16-5-1-2-6-17(16)21(24)25/h1-2,5-6,14-15,22H,3-4,7-13H2. The van der Waals surface area contributed by atoms with Gasteiger partial charge in [-0.05, 0) is 37.7 Å². The lowest BCUT2D eigenvalue weighted by atomic mass is 9.92. The molecule has 0 bridgehead atoms. The summed E-state index contributed by atoms with van der Waals surface area (Å²) >= 11 is 0. The first-order valence-electron chi connectivity index (χ1n) is 8.98. The molecule has 0 radical (unpaired) electrons. The smallest absolute Gasteiger partial charge is 0.292 e. The molecule has 0 aromatic heterocycles. The van der Waals surface area contributed by atoms with Crippen molar-refractivity contribution in [2.45, 2.75) is 25.7 Å². The Hall–Kier alpha value is -2.15. The van der Waals surface area contributed by atoms with Crippen molar-refractivity contribution in [3.63, 3.8) is 0 Å². The summed E-state index contributed by atoms with van der Waals surface area (Å²) < 4.78 is 0. The summed E-state index contributed by atoms with van der Waals surface area (Å²) in [4.78, 5) is 27.5. The van der Waals surface area contributed by atoms with Crippen LogP contribution in [0.25, 0.3) is 0 Å². The van der Waals surface area contributed by atoms with E-state index in [9.17, 15) is 20.0 Å². The number of benzene rings is 1. The Morgan fingerprint density at radius 1 is 1.20 bits per heavy atom. The molecule has 1 atom stereocenters. The number of aliphatic hydroxyl groups excluding tert-OH is 1. The van der Waals surface area contributed by atoms with E-state index in [0.29, 0.717) is 38.2 Å². The zero-order valence-corrected chi connectivity index (χ0v) is 14.3. The molecule has 1 unspecified atom stereocenters. The topological polar surface area (TPSA) is 86.9 Å². The predicted molar refractivity (Wildman–Crippen MR) is 94.4 cm³/mol. The maximum Gasteiger partial charge on any atom is 0.292 e. The van der Waals surface area contributed by atoms with E-state index < -0.39 is 0 Å². The van der Waals surface area contributed by atoms with Crippen molar-refractivity contribution in [1.82, 2.24) is 4.90 Å². The van der Waals surface area contributed by atoms with Gasteiger partial charge in [-0.3, -0.25) is 14.9 Å². The van der Waals surface area contributed by atoms with E-state index in [4.69, 9.17) is 0 Å². The van der Waals surface area contributed by atoms with Crippen molar-refractivity contribution in [3.8, 4) is 0 Å². The number of amides is 1. The minimum Gasteiger partial charge on any atom is -0.396 e. The molecule has 3 rings (SSSR count). The highest BCUT2D eigenvalue weighted by atomic mass is 16.6. The van der Waals surface area contributed by atoms with Crippen LogP contribution in [0.4, 0.5) is 11.4 Å². The van der Waals surface area contributed by atoms with Crippen molar-refractivity contribution in [3.05, 3.63) is 34.4 Å². The first kappa shape index (κ1) is 17.7. The van der Waals surface area contributed by atoms with Crippen LogP contribution in [0.1, 0.15) is 25.7 Å². The SMILES string of the molecule is O=C(C1CCN(c2ccccc2[N+](=O)[O-])CC1)N1CCCC(CO)C1. The highest BCUT2D eigenvalue weighted by Crippen LogP contribution is 2.32. The number of rotatable bonds is 4. The molecule has 0 aliphatic carbocycles. The molecular formula is C18H25N3O4. The number of nitrogens with zero attached hydrogens (tertiary/aromatic N) is 3. The molecule has 2 aliphatic heterocycles. The molecule has 7 nitrogen and oxygen atoms in total. The number of anilines is 1. The van der Waals surface area contributed by atoms with Gasteiger partial charge in [0.2, 0.25) is 5.91 Å². The molecule has 2 fully saturated rings. The lowest BCUT2D eigenvalue weighted by Gasteiger charge is -2.38. The van der Waals surface area contributed by atoms with Crippen molar-refractivity contribution < 1.29 is 14.8 Å². The van der Waals surface area contributed by atoms with Crippen molar-refractivity contribution in [1.29, 1.82) is 0 Å². The Morgan fingerprint density at radius 2 is 1.92 bits per heavy atom. The Bertz CT molecular complexity index is 629. The number of carbonyl (C=O) groups excluding carboxylic acids is 1. The van der Waals surface area contributed by atoms with E-state index in [0.717, 1.165) is 19.4 Å². The average Bonchev–Trinajstić information content (AvgIpc) is 2.67. The van der Waals surface area contributed by atoms with Gasteiger partial charge in [0.1, 0.15) is 5.69 Å². The molecule has 1 aromatic rings. The fourth-order valence-electron chi connectivity index (χ4n) is 3.93. The van der Waals surface area contributed by atoms with E-state index in [1.165, 1.54) is 6.07 Å². The van der Waals surface area contributed by atoms with Gasteiger partial charge in [0.25, 0.3) is 5.69 Å². The van der Waals surface area contributed by atoms with Crippen LogP contribution in [0, 0.1) is 22.0 Å². The van der Waals surface area contributed by atoms with Crippen molar-refractivity contribution in [2.75, 3.05) is 37.7 Å². The van der Waals surface area contributed by atoms with Gasteiger partial charge in [0.15, 0.2) is 0 Å². The quantitative estimate of drug-likeness (QED) is 0.665. The number of hydrogen-bond acceptors (Lipinski definition) is 5. The molecule has 25 heavy (non-hydrogen) atoms. The van der Waals surface area contributed by atoms with Crippen LogP contribution in [0.15, 0.2) is 24.3 Å². The van der Waals surface area contributed by atoms with Gasteiger partial charge in [-0.25, -0.2) is 0 Å². The number of para-hydroxylation sites is 2. The zero-order chi connectivity index (χ0) is 17.8. The van der Waals surface area contributed by atoms with E-state index in [1.54, 1.807) is 12.1 Å². The minimum atomic E-state index is -0.352. The molecule has 1 N–H and O–H groups in total. The van der Waals surface area contributed by atoms with Gasteiger partial charge in [-0.1, -0.05) is 12.1 Å². The summed E-state index contributed by atoms with van der Waals surface area (Å²) in [7, 11) is 0. The molecule has 2 saturated heterocycles. The Labute approximate surface area is 147 Å². The summed E-state index contributed by atoms with van der Waals surface area (Å²) in [5, 5.41) is 20.5. The van der Waals surface area contributed by atoms with Gasteiger partial charge < -0.3 is 14.9 Å². The molecular weight excluding hydrogens is 322 g/mol. The van der Waals surface area contributed by atoms with Crippen LogP contribution in [0.3, 0.4) is 0 Å². The largest absolute Gasteiger partial charge is 0.396 e. The third-order valence-electron chi connectivity index (χ3n) is 5.35. The first-order chi connectivity index (χ1) is 12.1. The maximum atomic E-state index is 12.8. The van der Waals surface area contributed by atoms with E-state index >= 15 is 0 Å². The lowest BCUT2D eigenvalue weighted by molar-refractivity contribution is -0.384. The molecule has 7 heteroatoms. The third-order valence-corrected chi connectivity index (χ3v) is 5.35. The first-order valence-corrected chi connectivity index (χ1v) is 8.98.